The van der Waals surface area contributed by atoms with Crippen LogP contribution in [0.2, 0.25) is 0 Å². The lowest BCUT2D eigenvalue weighted by Gasteiger charge is -2.55. The van der Waals surface area contributed by atoms with E-state index in [-0.39, 0.29) is 23.0 Å². The van der Waals surface area contributed by atoms with Crippen molar-refractivity contribution in [1.29, 1.82) is 0 Å². The van der Waals surface area contributed by atoms with E-state index < -0.39 is 0 Å². The Balaban J connectivity index is 1.09. The van der Waals surface area contributed by atoms with Crippen molar-refractivity contribution in [2.45, 2.75) is 64.1 Å². The molecule has 212 valence electrons. The molecule has 2 heterocycles. The van der Waals surface area contributed by atoms with Gasteiger partial charge in [0.2, 0.25) is 11.8 Å². The molecule has 2 amide bonds. The number of carbonyl (C=O) groups excluding carboxylic acids is 2. The minimum atomic E-state index is -0.213. The molecule has 8 rings (SSSR count). The summed E-state index contributed by atoms with van der Waals surface area (Å²) >= 11 is 2.79. The van der Waals surface area contributed by atoms with Crippen LogP contribution in [0.3, 0.4) is 0 Å². The van der Waals surface area contributed by atoms with Crippen LogP contribution in [0.4, 0.5) is 5.13 Å². The third kappa shape index (κ3) is 5.05. The van der Waals surface area contributed by atoms with Crippen molar-refractivity contribution in [3.8, 4) is 5.69 Å². The quantitative estimate of drug-likeness (QED) is 0.244. The first kappa shape index (κ1) is 26.6. The Labute approximate surface area is 247 Å². The number of amides is 2. The molecular formula is C31H34N6O2S2. The number of rotatable bonds is 8. The van der Waals surface area contributed by atoms with Gasteiger partial charge in [-0.15, -0.1) is 10.2 Å². The van der Waals surface area contributed by atoms with Crippen LogP contribution in [-0.2, 0) is 16.1 Å². The molecule has 2 aromatic heterocycles. The van der Waals surface area contributed by atoms with E-state index in [1.165, 1.54) is 42.4 Å². The van der Waals surface area contributed by atoms with Crippen LogP contribution in [-0.4, -0.2) is 37.3 Å². The summed E-state index contributed by atoms with van der Waals surface area (Å²) in [5.41, 5.74) is 3.89. The average molecular weight is 587 g/mol. The number of hydrogen-bond donors (Lipinski definition) is 2. The number of nitrogens with one attached hydrogen (secondary N) is 2. The second-order valence-corrected chi connectivity index (χ2v) is 14.1. The number of carbonyl (C=O) groups is 2. The van der Waals surface area contributed by atoms with Gasteiger partial charge in [0.05, 0.1) is 28.2 Å². The summed E-state index contributed by atoms with van der Waals surface area (Å²) in [6.07, 6.45) is 7.00. The van der Waals surface area contributed by atoms with Gasteiger partial charge in [0.1, 0.15) is 0 Å². The first-order chi connectivity index (χ1) is 19.9. The molecule has 0 saturated heterocycles. The fourth-order valence-corrected chi connectivity index (χ4v) is 9.32. The van der Waals surface area contributed by atoms with Crippen LogP contribution in [0.25, 0.3) is 15.9 Å². The molecule has 4 bridgehead atoms. The minimum Gasteiger partial charge on any atom is -0.348 e. The summed E-state index contributed by atoms with van der Waals surface area (Å²) in [5, 5.41) is 16.4. The van der Waals surface area contributed by atoms with Crippen LogP contribution in [0.1, 0.15) is 55.5 Å². The van der Waals surface area contributed by atoms with E-state index in [0.717, 1.165) is 46.3 Å². The summed E-state index contributed by atoms with van der Waals surface area (Å²) in [6, 6.07) is 14.0. The van der Waals surface area contributed by atoms with E-state index in [1.807, 2.05) is 41.0 Å². The van der Waals surface area contributed by atoms with Gasteiger partial charge in [-0.1, -0.05) is 47.4 Å². The maximum Gasteiger partial charge on any atom is 0.236 e. The van der Waals surface area contributed by atoms with Gasteiger partial charge >= 0.3 is 0 Å². The largest absolute Gasteiger partial charge is 0.348 e. The fraction of sp³-hybridized carbons (Fsp3) is 0.452. The van der Waals surface area contributed by atoms with Gasteiger partial charge in [-0.2, -0.15) is 0 Å². The number of nitrogens with zero attached hydrogens (tertiary/aromatic N) is 4. The Hall–Kier alpha value is -3.24. The molecule has 4 aliphatic carbocycles. The smallest absolute Gasteiger partial charge is 0.236 e. The Morgan fingerprint density at radius 3 is 2.46 bits per heavy atom. The van der Waals surface area contributed by atoms with Gasteiger partial charge in [0, 0.05) is 5.41 Å². The third-order valence-corrected chi connectivity index (χ3v) is 11.2. The summed E-state index contributed by atoms with van der Waals surface area (Å²) in [5.74, 6) is 3.00. The normalized spacial score (nSPS) is 24.6. The monoisotopic (exact) mass is 586 g/mol. The number of thioether (sulfide) groups is 1. The molecule has 0 radical (unpaired) electrons. The molecule has 0 unspecified atom stereocenters. The lowest BCUT2D eigenvalue weighted by Crippen LogP contribution is -2.53. The minimum absolute atomic E-state index is 0.152. The van der Waals surface area contributed by atoms with Crippen molar-refractivity contribution < 1.29 is 9.59 Å². The lowest BCUT2D eigenvalue weighted by atomic mass is 9.49. The van der Waals surface area contributed by atoms with Crippen LogP contribution in [0, 0.1) is 37.0 Å². The number of thiazole rings is 1. The van der Waals surface area contributed by atoms with Crippen molar-refractivity contribution >= 4 is 50.3 Å². The Bertz CT molecular complexity index is 1570. The number of fused-ring (bicyclic) bond motifs is 1. The van der Waals surface area contributed by atoms with Crippen LogP contribution >= 0.6 is 23.1 Å². The van der Waals surface area contributed by atoms with Gasteiger partial charge in [-0.05, 0) is 99.5 Å². The molecule has 4 saturated carbocycles. The SMILES string of the molecule is Cc1cccc(-n2c(CNC(=O)C34CC5CC(CC(C5)C3)C4)nnc2SCC(=O)Nc2nc3ccccc3s2)c1C. The van der Waals surface area contributed by atoms with Crippen molar-refractivity contribution in [3.05, 3.63) is 59.4 Å². The summed E-state index contributed by atoms with van der Waals surface area (Å²) in [4.78, 5) is 31.1. The van der Waals surface area contributed by atoms with Gasteiger partial charge in [-0.3, -0.25) is 14.2 Å². The van der Waals surface area contributed by atoms with E-state index >= 15 is 0 Å². The highest BCUT2D eigenvalue weighted by Crippen LogP contribution is 2.60. The van der Waals surface area contributed by atoms with Gasteiger partial charge in [-0.25, -0.2) is 4.98 Å². The van der Waals surface area contributed by atoms with E-state index in [2.05, 4.69) is 45.7 Å². The van der Waals surface area contributed by atoms with E-state index in [1.54, 1.807) is 0 Å². The molecule has 4 aromatic rings. The van der Waals surface area contributed by atoms with Crippen molar-refractivity contribution in [3.63, 3.8) is 0 Å². The Morgan fingerprint density at radius 2 is 1.73 bits per heavy atom. The first-order valence-electron chi connectivity index (χ1n) is 14.4. The highest BCUT2D eigenvalue weighted by molar-refractivity contribution is 7.99. The molecule has 41 heavy (non-hydrogen) atoms. The standard InChI is InChI=1S/C31H34N6O2S2/c1-18-6-5-8-24(19(18)2)37-26(16-32-28(39)31-13-20-10-21(14-31)12-22(11-20)15-31)35-36-30(37)40-17-27(38)34-29-33-23-7-3-4-9-25(23)41-29/h3-9,20-22H,10-17H2,1-2H3,(H,32,39)(H,33,34,38). The number of para-hydroxylation sites is 1. The summed E-state index contributed by atoms with van der Waals surface area (Å²) in [6.45, 7) is 4.46. The molecule has 0 spiro atoms. The summed E-state index contributed by atoms with van der Waals surface area (Å²) < 4.78 is 3.03. The van der Waals surface area contributed by atoms with E-state index in [9.17, 15) is 9.59 Å². The molecule has 0 atom stereocenters. The first-order valence-corrected chi connectivity index (χ1v) is 16.2. The van der Waals surface area contributed by atoms with E-state index in [4.69, 9.17) is 0 Å². The molecule has 0 aliphatic heterocycles. The lowest BCUT2D eigenvalue weighted by molar-refractivity contribution is -0.146. The zero-order valence-corrected chi connectivity index (χ0v) is 25.0. The summed E-state index contributed by atoms with van der Waals surface area (Å²) in [7, 11) is 0. The predicted molar refractivity (Wildman–Crippen MR) is 162 cm³/mol. The molecular weight excluding hydrogens is 553 g/mol. The number of anilines is 1. The maximum absolute atomic E-state index is 13.7. The zero-order chi connectivity index (χ0) is 28.1. The number of benzene rings is 2. The van der Waals surface area contributed by atoms with E-state index in [0.29, 0.717) is 40.4 Å². The van der Waals surface area contributed by atoms with Crippen molar-refractivity contribution in [1.82, 2.24) is 25.1 Å². The number of hydrogen-bond acceptors (Lipinski definition) is 7. The topological polar surface area (TPSA) is 102 Å². The van der Waals surface area contributed by atoms with Gasteiger partial charge < -0.3 is 10.6 Å². The van der Waals surface area contributed by atoms with Crippen LogP contribution < -0.4 is 10.6 Å². The second-order valence-electron chi connectivity index (χ2n) is 12.2. The van der Waals surface area contributed by atoms with Crippen LogP contribution in [0.5, 0.6) is 0 Å². The number of aromatic nitrogens is 4. The molecule has 4 aliphatic rings. The zero-order valence-electron chi connectivity index (χ0n) is 23.4. The Morgan fingerprint density at radius 1 is 1.00 bits per heavy atom. The predicted octanol–water partition coefficient (Wildman–Crippen LogP) is 6.06. The highest BCUT2D eigenvalue weighted by atomic mass is 32.2. The molecule has 4 fully saturated rings. The third-order valence-electron chi connectivity index (χ3n) is 9.32. The fourth-order valence-electron chi connectivity index (χ4n) is 7.67. The molecule has 10 heteroatoms. The van der Waals surface area contributed by atoms with Crippen molar-refractivity contribution in [2.75, 3.05) is 11.1 Å². The molecule has 2 aromatic carbocycles. The molecule has 8 nitrogen and oxygen atoms in total. The van der Waals surface area contributed by atoms with Gasteiger partial charge in [0.25, 0.3) is 0 Å². The second kappa shape index (κ2) is 10.5. The van der Waals surface area contributed by atoms with Gasteiger partial charge in [0.15, 0.2) is 16.1 Å². The van der Waals surface area contributed by atoms with Crippen molar-refractivity contribution in [2.24, 2.45) is 23.2 Å². The maximum atomic E-state index is 13.7. The Kier molecular flexibility index (Phi) is 6.85. The number of aryl methyl sites for hydroxylation is 1. The highest BCUT2D eigenvalue weighted by Gasteiger charge is 2.54. The molecule has 2 N–H and O–H groups in total. The average Bonchev–Trinajstić information content (AvgIpc) is 3.54. The van der Waals surface area contributed by atoms with Crippen LogP contribution in [0.15, 0.2) is 47.6 Å².